The lowest BCUT2D eigenvalue weighted by molar-refractivity contribution is -0.0353. The number of aromatic nitrogens is 1. The molecular weight excluding hydrogens is 324 g/mol. The lowest BCUT2D eigenvalue weighted by Gasteiger charge is -2.45. The van der Waals surface area contributed by atoms with Gasteiger partial charge in [0.15, 0.2) is 0 Å². The minimum atomic E-state index is -0.466. The highest BCUT2D eigenvalue weighted by Gasteiger charge is 2.42. The summed E-state index contributed by atoms with van der Waals surface area (Å²) in [6.07, 6.45) is 1.93. The van der Waals surface area contributed by atoms with Crippen molar-refractivity contribution in [2.75, 3.05) is 24.6 Å². The summed E-state index contributed by atoms with van der Waals surface area (Å²) in [7, 11) is 0. The van der Waals surface area contributed by atoms with Crippen molar-refractivity contribution in [3.05, 3.63) is 34.9 Å². The van der Waals surface area contributed by atoms with E-state index in [9.17, 15) is 10.2 Å². The van der Waals surface area contributed by atoms with Crippen molar-refractivity contribution in [3.8, 4) is 0 Å². The summed E-state index contributed by atoms with van der Waals surface area (Å²) < 4.78 is 0. The van der Waals surface area contributed by atoms with Gasteiger partial charge in [0.1, 0.15) is 5.82 Å². The predicted octanol–water partition coefficient (Wildman–Crippen LogP) is 3.55. The Morgan fingerprint density at radius 3 is 2.88 bits per heavy atom. The predicted molar refractivity (Wildman–Crippen MR) is 98.8 cm³/mol. The monoisotopic (exact) mass is 348 g/mol. The minimum Gasteiger partial charge on any atom is -0.396 e. The molecule has 1 aromatic carbocycles. The van der Waals surface area contributed by atoms with E-state index in [0.29, 0.717) is 18.0 Å². The highest BCUT2D eigenvalue weighted by Crippen LogP contribution is 2.37. The number of hydrogen-bond donors (Lipinski definition) is 2. The Kier molecular flexibility index (Phi) is 5.00. The number of nitrogens with zero attached hydrogens (tertiary/aromatic N) is 2. The molecule has 4 nitrogen and oxygen atoms in total. The van der Waals surface area contributed by atoms with Crippen LogP contribution >= 0.6 is 11.6 Å². The first-order valence-corrected chi connectivity index (χ1v) is 8.97. The average Bonchev–Trinajstić information content (AvgIpc) is 2.56. The molecule has 2 N–H and O–H groups in total. The van der Waals surface area contributed by atoms with E-state index in [4.69, 9.17) is 16.6 Å². The molecule has 0 unspecified atom stereocenters. The van der Waals surface area contributed by atoms with E-state index in [1.807, 2.05) is 18.2 Å². The molecule has 0 bridgehead atoms. The van der Waals surface area contributed by atoms with Gasteiger partial charge in [0.25, 0.3) is 0 Å². The molecular formula is C19H25ClN2O2. The van der Waals surface area contributed by atoms with Gasteiger partial charge in [-0.15, -0.1) is 0 Å². The molecule has 24 heavy (non-hydrogen) atoms. The summed E-state index contributed by atoms with van der Waals surface area (Å²) in [5.41, 5.74) is 1.57. The molecule has 1 fully saturated rings. The van der Waals surface area contributed by atoms with Crippen molar-refractivity contribution in [3.63, 3.8) is 0 Å². The van der Waals surface area contributed by atoms with Crippen molar-refractivity contribution in [2.45, 2.75) is 39.2 Å². The smallest absolute Gasteiger partial charge is 0.129 e. The van der Waals surface area contributed by atoms with Gasteiger partial charge in [0.05, 0.1) is 18.2 Å². The number of benzene rings is 1. The average molecular weight is 349 g/mol. The third-order valence-electron chi connectivity index (χ3n) is 5.24. The number of aliphatic hydroxyl groups is 2. The summed E-state index contributed by atoms with van der Waals surface area (Å²) >= 11 is 6.12. The summed E-state index contributed by atoms with van der Waals surface area (Å²) in [6, 6.07) is 7.85. The largest absolute Gasteiger partial charge is 0.396 e. The number of rotatable bonds is 4. The van der Waals surface area contributed by atoms with Gasteiger partial charge in [-0.3, -0.25) is 0 Å². The van der Waals surface area contributed by atoms with Crippen LogP contribution in [0.5, 0.6) is 0 Å². The van der Waals surface area contributed by atoms with Crippen LogP contribution in [0.1, 0.15) is 31.7 Å². The van der Waals surface area contributed by atoms with E-state index in [1.54, 1.807) is 0 Å². The first-order chi connectivity index (χ1) is 11.5. The number of piperidine rings is 1. The number of anilines is 1. The fraction of sp³-hybridized carbons (Fsp3) is 0.526. The number of aryl methyl sites for hydroxylation is 1. The Balaban J connectivity index is 1.97. The molecule has 2 heterocycles. The zero-order valence-electron chi connectivity index (χ0n) is 14.3. The van der Waals surface area contributed by atoms with Crippen molar-refractivity contribution in [1.29, 1.82) is 0 Å². The van der Waals surface area contributed by atoms with Gasteiger partial charge in [0, 0.05) is 28.9 Å². The minimum absolute atomic E-state index is 0.00308. The maximum absolute atomic E-state index is 10.5. The van der Waals surface area contributed by atoms with Gasteiger partial charge < -0.3 is 15.1 Å². The van der Waals surface area contributed by atoms with E-state index in [0.717, 1.165) is 41.7 Å². The van der Waals surface area contributed by atoms with Crippen LogP contribution in [0.25, 0.3) is 10.9 Å². The van der Waals surface area contributed by atoms with Gasteiger partial charge >= 0.3 is 0 Å². The number of aliphatic hydroxyl groups excluding tert-OH is 2. The van der Waals surface area contributed by atoms with Crippen LogP contribution in [0.3, 0.4) is 0 Å². The second kappa shape index (κ2) is 6.87. The normalized spacial score (nSPS) is 24.5. The van der Waals surface area contributed by atoms with Crippen LogP contribution in [0.4, 0.5) is 5.82 Å². The Morgan fingerprint density at radius 1 is 1.38 bits per heavy atom. The van der Waals surface area contributed by atoms with Crippen molar-refractivity contribution < 1.29 is 10.2 Å². The van der Waals surface area contributed by atoms with E-state index in [2.05, 4.69) is 24.8 Å². The van der Waals surface area contributed by atoms with Crippen molar-refractivity contribution >= 4 is 28.3 Å². The van der Waals surface area contributed by atoms with Crippen LogP contribution in [0, 0.1) is 12.3 Å². The van der Waals surface area contributed by atoms with Crippen molar-refractivity contribution in [2.24, 2.45) is 5.41 Å². The Labute approximate surface area is 148 Å². The molecule has 0 aliphatic carbocycles. The van der Waals surface area contributed by atoms with Gasteiger partial charge in [-0.05, 0) is 43.5 Å². The third-order valence-corrected chi connectivity index (χ3v) is 5.47. The molecule has 0 radical (unpaired) electrons. The zero-order valence-corrected chi connectivity index (χ0v) is 15.1. The van der Waals surface area contributed by atoms with Crippen molar-refractivity contribution in [1.82, 2.24) is 4.98 Å². The number of pyridine rings is 1. The Morgan fingerprint density at radius 2 is 2.17 bits per heavy atom. The molecule has 1 aliphatic rings. The fourth-order valence-corrected chi connectivity index (χ4v) is 4.01. The maximum atomic E-state index is 10.5. The first kappa shape index (κ1) is 17.5. The molecule has 0 amide bonds. The summed E-state index contributed by atoms with van der Waals surface area (Å²) in [5.74, 6) is 0.892. The van der Waals surface area contributed by atoms with Gasteiger partial charge in [0.2, 0.25) is 0 Å². The van der Waals surface area contributed by atoms with E-state index in [-0.39, 0.29) is 6.61 Å². The molecule has 1 aromatic heterocycles. The molecule has 1 saturated heterocycles. The van der Waals surface area contributed by atoms with Crippen LogP contribution < -0.4 is 4.90 Å². The van der Waals surface area contributed by atoms with E-state index in [1.165, 1.54) is 0 Å². The standard InChI is InChI=1S/C19H25ClN2O2/c1-3-7-19(12-23)11-22(8-6-17(19)24)18-9-13(2)15-5-4-14(20)10-16(15)21-18/h4-5,9-10,17,23-24H,3,6-8,11-12H2,1-2H3/t17-,19-/m1/s1. The lowest BCUT2D eigenvalue weighted by Crippen LogP contribution is -2.54. The van der Waals surface area contributed by atoms with Gasteiger partial charge in [-0.1, -0.05) is 31.0 Å². The molecule has 2 atom stereocenters. The fourth-order valence-electron chi connectivity index (χ4n) is 3.84. The zero-order chi connectivity index (χ0) is 17.3. The topological polar surface area (TPSA) is 56.6 Å². The first-order valence-electron chi connectivity index (χ1n) is 8.60. The Hall–Kier alpha value is -1.36. The number of halogens is 1. The highest BCUT2D eigenvalue weighted by molar-refractivity contribution is 6.31. The summed E-state index contributed by atoms with van der Waals surface area (Å²) in [5, 5.41) is 22.2. The molecule has 0 saturated carbocycles. The van der Waals surface area contributed by atoms with Gasteiger partial charge in [-0.25, -0.2) is 4.98 Å². The number of hydrogen-bond acceptors (Lipinski definition) is 4. The molecule has 1 aliphatic heterocycles. The molecule has 5 heteroatoms. The quantitative estimate of drug-likeness (QED) is 0.887. The highest BCUT2D eigenvalue weighted by atomic mass is 35.5. The Bertz CT molecular complexity index is 737. The lowest BCUT2D eigenvalue weighted by atomic mass is 9.74. The van der Waals surface area contributed by atoms with E-state index < -0.39 is 11.5 Å². The third kappa shape index (κ3) is 3.10. The second-order valence-corrected chi connectivity index (χ2v) is 7.39. The van der Waals surface area contributed by atoms with E-state index >= 15 is 0 Å². The molecule has 130 valence electrons. The van der Waals surface area contributed by atoms with Crippen LogP contribution in [-0.4, -0.2) is 41.0 Å². The van der Waals surface area contributed by atoms with Crippen LogP contribution in [-0.2, 0) is 0 Å². The van der Waals surface area contributed by atoms with Crippen LogP contribution in [0.2, 0.25) is 5.02 Å². The number of fused-ring (bicyclic) bond motifs is 1. The molecule has 0 spiro atoms. The second-order valence-electron chi connectivity index (χ2n) is 6.96. The molecule has 2 aromatic rings. The van der Waals surface area contributed by atoms with Gasteiger partial charge in [-0.2, -0.15) is 0 Å². The summed E-state index contributed by atoms with van der Waals surface area (Å²) in [4.78, 5) is 6.97. The SMILES string of the molecule is CCC[C@]1(CO)CN(c2cc(C)c3ccc(Cl)cc3n2)CC[C@H]1O. The molecule has 3 rings (SSSR count). The summed E-state index contributed by atoms with van der Waals surface area (Å²) in [6.45, 7) is 5.52. The maximum Gasteiger partial charge on any atom is 0.129 e. The van der Waals surface area contributed by atoms with Crippen LogP contribution in [0.15, 0.2) is 24.3 Å².